The molecular formula is C17H17F3N2O3S. The predicted molar refractivity (Wildman–Crippen MR) is 91.1 cm³/mol. The third kappa shape index (κ3) is 4.75. The van der Waals surface area contributed by atoms with Crippen molar-refractivity contribution in [3.05, 3.63) is 59.9 Å². The fraction of sp³-hybridized carbons (Fsp3) is 0.235. The fourth-order valence-corrected chi connectivity index (χ4v) is 2.94. The minimum absolute atomic E-state index is 0.179. The zero-order chi connectivity index (χ0) is 19.3. The first kappa shape index (κ1) is 19.8. The van der Waals surface area contributed by atoms with E-state index in [0.29, 0.717) is 12.1 Å². The highest BCUT2D eigenvalue weighted by molar-refractivity contribution is 7.91. The zero-order valence-corrected chi connectivity index (χ0v) is 14.6. The van der Waals surface area contributed by atoms with E-state index in [1.54, 1.807) is 19.1 Å². The van der Waals surface area contributed by atoms with Gasteiger partial charge in [0.25, 0.3) is 0 Å². The molecule has 140 valence electrons. The highest BCUT2D eigenvalue weighted by atomic mass is 32.2. The van der Waals surface area contributed by atoms with Crippen LogP contribution < -0.4 is 5.32 Å². The molecule has 0 fully saturated rings. The zero-order valence-electron chi connectivity index (χ0n) is 13.8. The van der Waals surface area contributed by atoms with Crippen molar-refractivity contribution in [2.24, 2.45) is 0 Å². The summed E-state index contributed by atoms with van der Waals surface area (Å²) in [4.78, 5) is 13.2. The Morgan fingerprint density at radius 3 is 2.35 bits per heavy atom. The topological polar surface area (TPSA) is 66.5 Å². The minimum atomic E-state index is -4.68. The normalized spacial score (nSPS) is 11.4. The number of halogens is 3. The van der Waals surface area contributed by atoms with Gasteiger partial charge in [0.05, 0.1) is 4.90 Å². The van der Waals surface area contributed by atoms with Gasteiger partial charge in [0, 0.05) is 18.8 Å². The number of sulfone groups is 1. The Bertz CT molecular complexity index is 871. The lowest BCUT2D eigenvalue weighted by Gasteiger charge is -2.21. The van der Waals surface area contributed by atoms with Crippen LogP contribution >= 0.6 is 0 Å². The summed E-state index contributed by atoms with van der Waals surface area (Å²) in [5.74, 6) is -3.92. The summed E-state index contributed by atoms with van der Waals surface area (Å²) in [7, 11) is -4.68. The molecule has 0 aromatic heterocycles. The average Bonchev–Trinajstić information content (AvgIpc) is 2.60. The van der Waals surface area contributed by atoms with Gasteiger partial charge in [-0.05, 0) is 48.9 Å². The van der Waals surface area contributed by atoms with E-state index in [2.05, 4.69) is 5.32 Å². The molecule has 9 heteroatoms. The molecule has 2 rings (SSSR count). The standard InChI is InChI=1S/C17H17F3N2O3S/c1-2-22(11-12-4-3-5-13(18)10-12)17(23)21-14-6-8-15(9-7-14)26(24,25)16(19)20/h3-10,16H,2,11H2,1H3,(H,21,23). The van der Waals surface area contributed by atoms with E-state index in [1.165, 1.54) is 29.2 Å². The SMILES string of the molecule is CCN(Cc1cccc(F)c1)C(=O)Nc1ccc(S(=O)(=O)C(F)F)cc1. The lowest BCUT2D eigenvalue weighted by Crippen LogP contribution is -2.34. The maximum absolute atomic E-state index is 13.2. The molecule has 0 spiro atoms. The monoisotopic (exact) mass is 386 g/mol. The van der Waals surface area contributed by atoms with Gasteiger partial charge in [-0.1, -0.05) is 12.1 Å². The highest BCUT2D eigenvalue weighted by Gasteiger charge is 2.26. The Kier molecular flexibility index (Phi) is 6.25. The Labute approximate surface area is 149 Å². The molecule has 0 saturated carbocycles. The van der Waals surface area contributed by atoms with Crippen molar-refractivity contribution >= 4 is 21.6 Å². The molecule has 0 aliphatic heterocycles. The number of carbonyl (C=O) groups excluding carboxylic acids is 1. The molecule has 0 saturated heterocycles. The Morgan fingerprint density at radius 1 is 1.15 bits per heavy atom. The number of carbonyl (C=O) groups is 1. The first-order valence-electron chi connectivity index (χ1n) is 7.66. The van der Waals surface area contributed by atoms with Crippen molar-refractivity contribution in [1.29, 1.82) is 0 Å². The predicted octanol–water partition coefficient (Wildman–Crippen LogP) is 3.88. The van der Waals surface area contributed by atoms with E-state index in [0.717, 1.165) is 12.1 Å². The van der Waals surface area contributed by atoms with E-state index < -0.39 is 32.3 Å². The minimum Gasteiger partial charge on any atom is -0.320 e. The number of urea groups is 1. The molecule has 0 bridgehead atoms. The number of alkyl halides is 2. The van der Waals surface area contributed by atoms with Crippen molar-refractivity contribution in [3.63, 3.8) is 0 Å². The second-order valence-corrected chi connectivity index (χ2v) is 7.32. The molecule has 2 amide bonds. The van der Waals surface area contributed by atoms with E-state index in [4.69, 9.17) is 0 Å². The van der Waals surface area contributed by atoms with Crippen LogP contribution in [0.1, 0.15) is 12.5 Å². The summed E-state index contributed by atoms with van der Waals surface area (Å²) in [5, 5.41) is 2.55. The van der Waals surface area contributed by atoms with Crippen LogP contribution in [0, 0.1) is 5.82 Å². The van der Waals surface area contributed by atoms with Crippen molar-refractivity contribution < 1.29 is 26.4 Å². The van der Waals surface area contributed by atoms with Gasteiger partial charge in [-0.25, -0.2) is 17.6 Å². The summed E-state index contributed by atoms with van der Waals surface area (Å²) in [5.41, 5.74) is 0.862. The molecule has 5 nitrogen and oxygen atoms in total. The molecular weight excluding hydrogens is 369 g/mol. The third-order valence-corrected chi connectivity index (χ3v) is 5.00. The molecule has 0 aliphatic rings. The van der Waals surface area contributed by atoms with Gasteiger partial charge in [-0.3, -0.25) is 0 Å². The number of amides is 2. The van der Waals surface area contributed by atoms with E-state index in [9.17, 15) is 26.4 Å². The summed E-state index contributed by atoms with van der Waals surface area (Å²) < 4.78 is 61.0. The van der Waals surface area contributed by atoms with Gasteiger partial charge < -0.3 is 10.2 Å². The van der Waals surface area contributed by atoms with Gasteiger partial charge in [-0.2, -0.15) is 8.78 Å². The van der Waals surface area contributed by atoms with Crippen LogP contribution in [0.4, 0.5) is 23.7 Å². The Balaban J connectivity index is 2.08. The lowest BCUT2D eigenvalue weighted by molar-refractivity contribution is 0.212. The fourth-order valence-electron chi connectivity index (χ4n) is 2.22. The number of anilines is 1. The summed E-state index contributed by atoms with van der Waals surface area (Å²) >= 11 is 0. The van der Waals surface area contributed by atoms with Crippen LogP contribution in [-0.4, -0.2) is 31.7 Å². The van der Waals surface area contributed by atoms with Crippen molar-refractivity contribution in [3.8, 4) is 0 Å². The van der Waals surface area contributed by atoms with Crippen LogP contribution in [0.5, 0.6) is 0 Å². The average molecular weight is 386 g/mol. The number of hydrogen-bond acceptors (Lipinski definition) is 3. The third-order valence-electron chi connectivity index (χ3n) is 3.60. The van der Waals surface area contributed by atoms with Crippen molar-refractivity contribution in [2.45, 2.75) is 24.1 Å². The maximum atomic E-state index is 13.2. The van der Waals surface area contributed by atoms with Gasteiger partial charge in [0.1, 0.15) is 5.82 Å². The van der Waals surface area contributed by atoms with Gasteiger partial charge in [0.2, 0.25) is 9.84 Å². The second kappa shape index (κ2) is 8.22. The quantitative estimate of drug-likeness (QED) is 0.819. The molecule has 0 aliphatic carbocycles. The molecule has 0 radical (unpaired) electrons. The summed E-state index contributed by atoms with van der Waals surface area (Å²) in [6.07, 6.45) is 0. The number of nitrogens with zero attached hydrogens (tertiary/aromatic N) is 1. The Morgan fingerprint density at radius 2 is 1.81 bits per heavy atom. The number of benzene rings is 2. The van der Waals surface area contributed by atoms with Crippen LogP contribution in [0.25, 0.3) is 0 Å². The summed E-state index contributed by atoms with van der Waals surface area (Å²) in [6, 6.07) is 9.81. The van der Waals surface area contributed by atoms with E-state index in [1.807, 2.05) is 0 Å². The first-order chi connectivity index (χ1) is 12.2. The van der Waals surface area contributed by atoms with Gasteiger partial charge in [-0.15, -0.1) is 0 Å². The largest absolute Gasteiger partial charge is 0.341 e. The van der Waals surface area contributed by atoms with Crippen LogP contribution in [-0.2, 0) is 16.4 Å². The summed E-state index contributed by atoms with van der Waals surface area (Å²) in [6.45, 7) is 2.27. The molecule has 2 aromatic carbocycles. The molecule has 1 N–H and O–H groups in total. The smallest absolute Gasteiger partial charge is 0.320 e. The van der Waals surface area contributed by atoms with Gasteiger partial charge in [0.15, 0.2) is 0 Å². The van der Waals surface area contributed by atoms with Crippen LogP contribution in [0.3, 0.4) is 0 Å². The molecule has 0 unspecified atom stereocenters. The lowest BCUT2D eigenvalue weighted by atomic mass is 10.2. The van der Waals surface area contributed by atoms with Crippen molar-refractivity contribution in [2.75, 3.05) is 11.9 Å². The number of nitrogens with one attached hydrogen (secondary N) is 1. The Hall–Kier alpha value is -2.55. The molecule has 0 heterocycles. The first-order valence-corrected chi connectivity index (χ1v) is 9.21. The highest BCUT2D eigenvalue weighted by Crippen LogP contribution is 2.20. The maximum Gasteiger partial charge on any atom is 0.341 e. The second-order valence-electron chi connectivity index (χ2n) is 5.40. The molecule has 0 atom stereocenters. The molecule has 26 heavy (non-hydrogen) atoms. The van der Waals surface area contributed by atoms with E-state index >= 15 is 0 Å². The van der Waals surface area contributed by atoms with E-state index in [-0.39, 0.29) is 12.2 Å². The van der Waals surface area contributed by atoms with Crippen LogP contribution in [0.2, 0.25) is 0 Å². The van der Waals surface area contributed by atoms with Gasteiger partial charge >= 0.3 is 11.8 Å². The number of hydrogen-bond donors (Lipinski definition) is 1. The number of rotatable bonds is 6. The molecule has 2 aromatic rings. The van der Waals surface area contributed by atoms with Crippen molar-refractivity contribution in [1.82, 2.24) is 4.90 Å². The van der Waals surface area contributed by atoms with Crippen LogP contribution in [0.15, 0.2) is 53.4 Å².